The summed E-state index contributed by atoms with van der Waals surface area (Å²) in [6, 6.07) is 17.1. The van der Waals surface area contributed by atoms with Crippen molar-refractivity contribution in [3.8, 4) is 11.1 Å². The molecule has 0 unspecified atom stereocenters. The largest absolute Gasteiger partial charge is 0.0622 e. The molecule has 2 aromatic carbocycles. The topological polar surface area (TPSA) is 0 Å². The molecule has 2 aromatic rings. The molecule has 0 heterocycles. The Hall–Kier alpha value is -1.08. The maximum Gasteiger partial charge on any atom is 0.0184 e. The Morgan fingerprint density at radius 1 is 0.933 bits per heavy atom. The summed E-state index contributed by atoms with van der Waals surface area (Å²) in [5.41, 5.74) is 3.92. The first-order valence-electron chi connectivity index (χ1n) is 5.14. The van der Waals surface area contributed by atoms with Crippen molar-refractivity contribution in [3.63, 3.8) is 0 Å². The van der Waals surface area contributed by atoms with Crippen LogP contribution in [0.1, 0.15) is 12.5 Å². The Labute approximate surface area is 99.1 Å². The quantitative estimate of drug-likeness (QED) is 0.736. The fraction of sp³-hybridized carbons (Fsp3) is 0.143. The van der Waals surface area contributed by atoms with Gasteiger partial charge in [0, 0.05) is 4.47 Å². The Balaban J connectivity index is 2.49. The summed E-state index contributed by atoms with van der Waals surface area (Å²) >= 11 is 3.55. The predicted octanol–water partition coefficient (Wildman–Crippen LogP) is 4.68. The zero-order valence-electron chi connectivity index (χ0n) is 8.70. The van der Waals surface area contributed by atoms with Gasteiger partial charge in [0.15, 0.2) is 0 Å². The fourth-order valence-corrected chi connectivity index (χ4v) is 2.19. The summed E-state index contributed by atoms with van der Waals surface area (Å²) in [6.07, 6.45) is 1.07. The van der Waals surface area contributed by atoms with Crippen molar-refractivity contribution in [1.82, 2.24) is 0 Å². The minimum atomic E-state index is 1.07. The van der Waals surface area contributed by atoms with Crippen LogP contribution in [0, 0.1) is 0 Å². The van der Waals surface area contributed by atoms with Crippen LogP contribution >= 0.6 is 15.9 Å². The molecule has 76 valence electrons. The number of hydrogen-bond acceptors (Lipinski definition) is 0. The average Bonchev–Trinajstić information content (AvgIpc) is 2.29. The van der Waals surface area contributed by atoms with Crippen molar-refractivity contribution in [2.45, 2.75) is 13.3 Å². The van der Waals surface area contributed by atoms with Gasteiger partial charge in [-0.05, 0) is 35.2 Å². The highest BCUT2D eigenvalue weighted by molar-refractivity contribution is 9.10. The molecule has 0 aliphatic heterocycles. The Morgan fingerprint density at radius 2 is 1.67 bits per heavy atom. The van der Waals surface area contributed by atoms with Crippen LogP contribution in [0.15, 0.2) is 53.0 Å². The lowest BCUT2D eigenvalue weighted by Crippen LogP contribution is -1.83. The summed E-state index contributed by atoms with van der Waals surface area (Å²) < 4.78 is 1.15. The van der Waals surface area contributed by atoms with Crippen molar-refractivity contribution < 1.29 is 0 Å². The zero-order valence-corrected chi connectivity index (χ0v) is 10.3. The molecule has 0 aromatic heterocycles. The van der Waals surface area contributed by atoms with Gasteiger partial charge in [-0.2, -0.15) is 0 Å². The highest BCUT2D eigenvalue weighted by atomic mass is 79.9. The predicted molar refractivity (Wildman–Crippen MR) is 69.0 cm³/mol. The van der Waals surface area contributed by atoms with Crippen LogP contribution < -0.4 is 0 Å². The summed E-state index contributed by atoms with van der Waals surface area (Å²) in [4.78, 5) is 0. The second-order valence-electron chi connectivity index (χ2n) is 3.57. The van der Waals surface area contributed by atoms with E-state index in [1.54, 1.807) is 0 Å². The van der Waals surface area contributed by atoms with Gasteiger partial charge in [-0.25, -0.2) is 0 Å². The molecule has 0 radical (unpaired) electrons. The molecule has 0 N–H and O–H groups in total. The number of halogens is 1. The highest BCUT2D eigenvalue weighted by Crippen LogP contribution is 2.25. The monoisotopic (exact) mass is 260 g/mol. The molecule has 0 fully saturated rings. The van der Waals surface area contributed by atoms with Gasteiger partial charge >= 0.3 is 0 Å². The van der Waals surface area contributed by atoms with E-state index in [9.17, 15) is 0 Å². The molecule has 0 atom stereocenters. The minimum Gasteiger partial charge on any atom is -0.0622 e. The van der Waals surface area contributed by atoms with E-state index >= 15 is 0 Å². The van der Waals surface area contributed by atoms with Gasteiger partial charge in [-0.1, -0.05) is 59.3 Å². The van der Waals surface area contributed by atoms with Crippen LogP contribution in [0.5, 0.6) is 0 Å². The lowest BCUT2D eigenvalue weighted by atomic mass is 10.0. The van der Waals surface area contributed by atoms with Crippen LogP contribution in [-0.4, -0.2) is 0 Å². The standard InChI is InChI=1S/C14H13Br/c1-2-11-8-13(10-14(15)9-11)12-6-4-3-5-7-12/h3-10H,2H2,1H3. The first-order valence-corrected chi connectivity index (χ1v) is 5.94. The van der Waals surface area contributed by atoms with E-state index in [1.807, 2.05) is 6.07 Å². The summed E-state index contributed by atoms with van der Waals surface area (Å²) in [5.74, 6) is 0. The third-order valence-corrected chi connectivity index (χ3v) is 2.93. The van der Waals surface area contributed by atoms with Gasteiger partial charge in [0.05, 0.1) is 0 Å². The SMILES string of the molecule is CCc1cc(Br)cc(-c2ccccc2)c1. The summed E-state index contributed by atoms with van der Waals surface area (Å²) in [6.45, 7) is 2.18. The number of rotatable bonds is 2. The molecule has 0 amide bonds. The third-order valence-electron chi connectivity index (χ3n) is 2.47. The summed E-state index contributed by atoms with van der Waals surface area (Å²) in [5, 5.41) is 0. The van der Waals surface area contributed by atoms with Crippen LogP contribution in [0.4, 0.5) is 0 Å². The molecule has 2 rings (SSSR count). The molecule has 0 aliphatic rings. The molecule has 15 heavy (non-hydrogen) atoms. The lowest BCUT2D eigenvalue weighted by molar-refractivity contribution is 1.14. The van der Waals surface area contributed by atoms with Gasteiger partial charge in [0.2, 0.25) is 0 Å². The zero-order chi connectivity index (χ0) is 10.7. The van der Waals surface area contributed by atoms with Crippen molar-refractivity contribution in [2.75, 3.05) is 0 Å². The lowest BCUT2D eigenvalue weighted by Gasteiger charge is -2.05. The molecule has 0 aliphatic carbocycles. The molecular weight excluding hydrogens is 248 g/mol. The van der Waals surface area contributed by atoms with E-state index in [0.717, 1.165) is 10.9 Å². The van der Waals surface area contributed by atoms with E-state index in [-0.39, 0.29) is 0 Å². The number of hydrogen-bond donors (Lipinski definition) is 0. The number of benzene rings is 2. The Bertz CT molecular complexity index is 446. The smallest absolute Gasteiger partial charge is 0.0184 e. The first-order chi connectivity index (χ1) is 7.29. The molecule has 0 bridgehead atoms. The first kappa shape index (κ1) is 10.4. The molecular formula is C14H13Br. The van der Waals surface area contributed by atoms with Gasteiger partial charge in [-0.3, -0.25) is 0 Å². The average molecular weight is 261 g/mol. The van der Waals surface area contributed by atoms with Gasteiger partial charge < -0.3 is 0 Å². The van der Waals surface area contributed by atoms with Crippen LogP contribution in [0.2, 0.25) is 0 Å². The Kier molecular flexibility index (Phi) is 3.22. The molecule has 0 spiro atoms. The molecule has 0 saturated carbocycles. The molecule has 0 saturated heterocycles. The third kappa shape index (κ3) is 2.48. The molecule has 1 heteroatoms. The van der Waals surface area contributed by atoms with E-state index in [4.69, 9.17) is 0 Å². The highest BCUT2D eigenvalue weighted by Gasteiger charge is 2.00. The van der Waals surface area contributed by atoms with E-state index in [2.05, 4.69) is 65.3 Å². The van der Waals surface area contributed by atoms with Crippen LogP contribution in [-0.2, 0) is 6.42 Å². The van der Waals surface area contributed by atoms with Gasteiger partial charge in [0.1, 0.15) is 0 Å². The normalized spacial score (nSPS) is 10.3. The van der Waals surface area contributed by atoms with Crippen LogP contribution in [0.25, 0.3) is 11.1 Å². The van der Waals surface area contributed by atoms with E-state index in [0.29, 0.717) is 0 Å². The van der Waals surface area contributed by atoms with Gasteiger partial charge in [0.25, 0.3) is 0 Å². The van der Waals surface area contributed by atoms with Crippen molar-refractivity contribution in [1.29, 1.82) is 0 Å². The number of aryl methyl sites for hydroxylation is 1. The second-order valence-corrected chi connectivity index (χ2v) is 4.48. The van der Waals surface area contributed by atoms with Crippen molar-refractivity contribution in [3.05, 3.63) is 58.6 Å². The fourth-order valence-electron chi connectivity index (χ4n) is 1.65. The van der Waals surface area contributed by atoms with Crippen molar-refractivity contribution in [2.24, 2.45) is 0 Å². The maximum absolute atomic E-state index is 3.55. The maximum atomic E-state index is 3.55. The minimum absolute atomic E-state index is 1.07. The Morgan fingerprint density at radius 3 is 2.33 bits per heavy atom. The van der Waals surface area contributed by atoms with Gasteiger partial charge in [-0.15, -0.1) is 0 Å². The molecule has 0 nitrogen and oxygen atoms in total. The van der Waals surface area contributed by atoms with E-state index < -0.39 is 0 Å². The summed E-state index contributed by atoms with van der Waals surface area (Å²) in [7, 11) is 0. The van der Waals surface area contributed by atoms with E-state index in [1.165, 1.54) is 16.7 Å². The van der Waals surface area contributed by atoms with Crippen molar-refractivity contribution >= 4 is 15.9 Å². The second kappa shape index (κ2) is 4.63. The van der Waals surface area contributed by atoms with Crippen LogP contribution in [0.3, 0.4) is 0 Å².